The first-order valence-corrected chi connectivity index (χ1v) is 10.1. The maximum Gasteiger partial charge on any atom is 0.196 e. The van der Waals surface area contributed by atoms with Crippen LogP contribution in [0.3, 0.4) is 0 Å². The summed E-state index contributed by atoms with van der Waals surface area (Å²) in [7, 11) is -1.59. The van der Waals surface area contributed by atoms with Gasteiger partial charge in [-0.15, -0.1) is 0 Å². The molecule has 0 saturated heterocycles. The molecule has 144 valence electrons. The van der Waals surface area contributed by atoms with E-state index in [0.717, 1.165) is 5.56 Å². The molecule has 29 heavy (non-hydrogen) atoms. The zero-order chi connectivity index (χ0) is 20.2. The lowest BCUT2D eigenvalue weighted by Crippen LogP contribution is -2.11. The Hall–Kier alpha value is -3.29. The molecule has 1 unspecified atom stereocenters. The number of nitrogens with one attached hydrogen (secondary N) is 1. The smallest absolute Gasteiger partial charge is 0.196 e. The molecule has 2 aromatic heterocycles. The van der Waals surface area contributed by atoms with Crippen LogP contribution in [0.25, 0.3) is 11.3 Å². The quantitative estimate of drug-likeness (QED) is 0.452. The van der Waals surface area contributed by atoms with Crippen molar-refractivity contribution in [3.8, 4) is 11.3 Å². The number of nitrogens with zero attached hydrogens (tertiary/aromatic N) is 2. The van der Waals surface area contributed by atoms with Crippen LogP contribution < -0.4 is 4.72 Å². The summed E-state index contributed by atoms with van der Waals surface area (Å²) in [5, 5.41) is 0.407. The minimum atomic E-state index is -1.59. The van der Waals surface area contributed by atoms with Crippen LogP contribution in [0.2, 0.25) is 5.02 Å². The Labute approximate surface area is 174 Å². The minimum Gasteiger partial charge on any atom is -0.444 e. The van der Waals surface area contributed by atoms with Gasteiger partial charge in [0.1, 0.15) is 11.0 Å². The van der Waals surface area contributed by atoms with Gasteiger partial charge in [-0.05, 0) is 54.6 Å². The molecule has 1 atom stereocenters. The zero-order valence-electron chi connectivity index (χ0n) is 14.9. The first kappa shape index (κ1) is 19.0. The van der Waals surface area contributed by atoms with Crippen LogP contribution in [0.15, 0.2) is 88.9 Å². The summed E-state index contributed by atoms with van der Waals surface area (Å²) < 4.78 is 21.0. The highest BCUT2D eigenvalue weighted by atomic mass is 35.5. The number of carbonyl (C=O) groups is 1. The maximum absolute atomic E-state index is 12.9. The second kappa shape index (κ2) is 8.38. The van der Waals surface area contributed by atoms with Crippen molar-refractivity contribution in [2.24, 2.45) is 0 Å². The third kappa shape index (κ3) is 4.26. The number of anilines is 1. The molecular formula is C21H14ClN3O3S. The first-order valence-electron chi connectivity index (χ1n) is 8.53. The Kier molecular flexibility index (Phi) is 5.50. The van der Waals surface area contributed by atoms with Crippen LogP contribution in [0.4, 0.5) is 5.69 Å². The van der Waals surface area contributed by atoms with Crippen LogP contribution >= 0.6 is 11.6 Å². The van der Waals surface area contributed by atoms with Gasteiger partial charge in [0.25, 0.3) is 0 Å². The molecule has 1 N–H and O–H groups in total. The Morgan fingerprint density at radius 2 is 1.86 bits per heavy atom. The number of hydrogen-bond acceptors (Lipinski definition) is 5. The molecule has 0 aliphatic rings. The molecule has 8 heteroatoms. The van der Waals surface area contributed by atoms with E-state index in [1.165, 1.54) is 12.6 Å². The Bertz CT molecular complexity index is 1160. The topological polar surface area (TPSA) is 85.1 Å². The Morgan fingerprint density at radius 1 is 1.03 bits per heavy atom. The zero-order valence-corrected chi connectivity index (χ0v) is 16.5. The maximum atomic E-state index is 12.9. The molecule has 0 aliphatic carbocycles. The van der Waals surface area contributed by atoms with E-state index in [9.17, 15) is 9.00 Å². The lowest BCUT2D eigenvalue weighted by Gasteiger charge is -2.12. The molecule has 0 spiro atoms. The lowest BCUT2D eigenvalue weighted by atomic mass is 10.0. The summed E-state index contributed by atoms with van der Waals surface area (Å²) in [4.78, 5) is 21.3. The van der Waals surface area contributed by atoms with Gasteiger partial charge in [0.2, 0.25) is 0 Å². The molecule has 2 aromatic carbocycles. The van der Waals surface area contributed by atoms with Gasteiger partial charge in [0, 0.05) is 34.1 Å². The second-order valence-corrected chi connectivity index (χ2v) is 7.67. The van der Waals surface area contributed by atoms with Gasteiger partial charge in [-0.25, -0.2) is 9.19 Å². The predicted octanol–water partition coefficient (Wildman–Crippen LogP) is 4.76. The average Bonchev–Trinajstić information content (AvgIpc) is 3.30. The summed E-state index contributed by atoms with van der Waals surface area (Å²) in [6.07, 6.45) is 6.02. The highest BCUT2D eigenvalue weighted by Crippen LogP contribution is 2.26. The van der Waals surface area contributed by atoms with E-state index in [4.69, 9.17) is 16.0 Å². The van der Waals surface area contributed by atoms with Gasteiger partial charge in [-0.3, -0.25) is 9.78 Å². The van der Waals surface area contributed by atoms with Crippen LogP contribution in [-0.2, 0) is 11.0 Å². The normalized spacial score (nSPS) is 11.8. The highest BCUT2D eigenvalue weighted by Gasteiger charge is 2.17. The van der Waals surface area contributed by atoms with E-state index < -0.39 is 11.0 Å². The van der Waals surface area contributed by atoms with Crippen LogP contribution in [-0.4, -0.2) is 20.0 Å². The van der Waals surface area contributed by atoms with Gasteiger partial charge in [0.15, 0.2) is 17.9 Å². The van der Waals surface area contributed by atoms with E-state index in [0.29, 0.717) is 32.5 Å². The average molecular weight is 424 g/mol. The number of oxazole rings is 1. The van der Waals surface area contributed by atoms with Crippen molar-refractivity contribution in [2.75, 3.05) is 4.72 Å². The molecular weight excluding hydrogens is 410 g/mol. The lowest BCUT2D eigenvalue weighted by molar-refractivity contribution is 0.103. The van der Waals surface area contributed by atoms with Crippen molar-refractivity contribution in [1.82, 2.24) is 9.97 Å². The standard InChI is InChI=1S/C21H14ClN3O3S/c22-16-5-8-19(18(10-16)21(26)15-2-1-9-23-11-15)25-29(27)17-6-3-14(4-7-17)20-12-24-13-28-20/h1-13,25H. The van der Waals surface area contributed by atoms with E-state index in [2.05, 4.69) is 14.7 Å². The summed E-state index contributed by atoms with van der Waals surface area (Å²) in [5.74, 6) is 0.359. The molecule has 0 aliphatic heterocycles. The molecule has 2 heterocycles. The number of aromatic nitrogens is 2. The number of hydrogen-bond donors (Lipinski definition) is 1. The number of pyridine rings is 1. The largest absolute Gasteiger partial charge is 0.444 e. The van der Waals surface area contributed by atoms with Gasteiger partial charge < -0.3 is 9.14 Å². The number of ketones is 1. The summed E-state index contributed by atoms with van der Waals surface area (Å²) in [6, 6.07) is 15.2. The van der Waals surface area contributed by atoms with Crippen LogP contribution in [0, 0.1) is 0 Å². The number of benzene rings is 2. The summed E-state index contributed by atoms with van der Waals surface area (Å²) in [6.45, 7) is 0. The van der Waals surface area contributed by atoms with E-state index in [-0.39, 0.29) is 5.78 Å². The monoisotopic (exact) mass is 423 g/mol. The van der Waals surface area contributed by atoms with Gasteiger partial charge in [-0.1, -0.05) is 11.6 Å². The molecule has 0 bridgehead atoms. The summed E-state index contributed by atoms with van der Waals surface area (Å²) in [5.41, 5.74) is 1.97. The molecule has 4 aromatic rings. The third-order valence-electron chi connectivity index (χ3n) is 4.14. The predicted molar refractivity (Wildman–Crippen MR) is 111 cm³/mol. The van der Waals surface area contributed by atoms with Crippen molar-refractivity contribution in [1.29, 1.82) is 0 Å². The van der Waals surface area contributed by atoms with Gasteiger partial charge in [0.05, 0.1) is 16.8 Å². The number of rotatable bonds is 6. The van der Waals surface area contributed by atoms with Crippen molar-refractivity contribution in [3.63, 3.8) is 0 Å². The van der Waals surface area contributed by atoms with E-state index in [1.807, 2.05) is 0 Å². The van der Waals surface area contributed by atoms with E-state index >= 15 is 0 Å². The fraction of sp³-hybridized carbons (Fsp3) is 0. The summed E-state index contributed by atoms with van der Waals surface area (Å²) >= 11 is 6.08. The molecule has 0 radical (unpaired) electrons. The van der Waals surface area contributed by atoms with Crippen molar-refractivity contribution in [2.45, 2.75) is 4.90 Å². The van der Waals surface area contributed by atoms with Gasteiger partial charge >= 0.3 is 0 Å². The minimum absolute atomic E-state index is 0.263. The van der Waals surface area contributed by atoms with Crippen LogP contribution in [0.1, 0.15) is 15.9 Å². The molecule has 0 saturated carbocycles. The fourth-order valence-electron chi connectivity index (χ4n) is 2.71. The first-order chi connectivity index (χ1) is 14.1. The Balaban J connectivity index is 1.59. The molecule has 6 nitrogen and oxygen atoms in total. The molecule has 4 rings (SSSR count). The number of halogens is 1. The van der Waals surface area contributed by atoms with Gasteiger partial charge in [-0.2, -0.15) is 0 Å². The second-order valence-electron chi connectivity index (χ2n) is 6.02. The van der Waals surface area contributed by atoms with Crippen molar-refractivity contribution < 1.29 is 13.4 Å². The SMILES string of the molecule is O=C(c1cccnc1)c1cc(Cl)ccc1NS(=O)c1ccc(-c2cnco2)cc1. The van der Waals surface area contributed by atoms with E-state index in [1.54, 1.807) is 67.0 Å². The Morgan fingerprint density at radius 3 is 2.55 bits per heavy atom. The molecule has 0 amide bonds. The fourth-order valence-corrected chi connectivity index (χ4v) is 3.76. The molecule has 0 fully saturated rings. The third-order valence-corrected chi connectivity index (χ3v) is 5.48. The number of carbonyl (C=O) groups excluding carboxylic acids is 1. The van der Waals surface area contributed by atoms with Crippen molar-refractivity contribution in [3.05, 3.63) is 95.7 Å². The highest BCUT2D eigenvalue weighted by molar-refractivity contribution is 7.86. The van der Waals surface area contributed by atoms with Crippen LogP contribution in [0.5, 0.6) is 0 Å². The van der Waals surface area contributed by atoms with Crippen molar-refractivity contribution >= 4 is 34.1 Å².